The summed E-state index contributed by atoms with van der Waals surface area (Å²) in [6.45, 7) is -0.175. The van der Waals surface area contributed by atoms with Crippen molar-refractivity contribution in [3.05, 3.63) is 63.6 Å². The molecule has 0 aliphatic heterocycles. The molecule has 1 N–H and O–H groups in total. The van der Waals surface area contributed by atoms with Gasteiger partial charge in [-0.3, -0.25) is 0 Å². The zero-order valence-electron chi connectivity index (χ0n) is 10.9. The van der Waals surface area contributed by atoms with Crippen LogP contribution in [0.2, 0.25) is 5.02 Å². The Morgan fingerprint density at radius 3 is 2.62 bits per heavy atom. The molecule has 0 saturated carbocycles. The number of nitrogens with zero attached hydrogens (tertiary/aromatic N) is 1. The molecular formula is C16H11BrClNO2. The molecule has 3 aromatic rings. The highest BCUT2D eigenvalue weighted by Crippen LogP contribution is 2.37. The molecule has 0 amide bonds. The van der Waals surface area contributed by atoms with Gasteiger partial charge in [0.25, 0.3) is 0 Å². The third-order valence-electron chi connectivity index (χ3n) is 3.17. The summed E-state index contributed by atoms with van der Waals surface area (Å²) in [6.07, 6.45) is 0. The highest BCUT2D eigenvalue weighted by molar-refractivity contribution is 9.10. The molecule has 1 aromatic heterocycles. The van der Waals surface area contributed by atoms with Crippen molar-refractivity contribution < 1.29 is 9.63 Å². The lowest BCUT2D eigenvalue weighted by atomic mass is 10.0. The van der Waals surface area contributed by atoms with Gasteiger partial charge in [-0.2, -0.15) is 0 Å². The average molecular weight is 365 g/mol. The minimum absolute atomic E-state index is 0.175. The van der Waals surface area contributed by atoms with E-state index in [0.717, 1.165) is 10.0 Å². The van der Waals surface area contributed by atoms with Gasteiger partial charge in [0.1, 0.15) is 5.69 Å². The monoisotopic (exact) mass is 363 g/mol. The molecule has 2 aromatic carbocycles. The Kier molecular flexibility index (Phi) is 4.10. The van der Waals surface area contributed by atoms with E-state index in [1.165, 1.54) is 0 Å². The first-order valence-corrected chi connectivity index (χ1v) is 7.48. The van der Waals surface area contributed by atoms with Crippen LogP contribution in [0.25, 0.3) is 22.6 Å². The number of hydrogen-bond acceptors (Lipinski definition) is 3. The van der Waals surface area contributed by atoms with Gasteiger partial charge in [0.05, 0.1) is 17.2 Å². The number of aliphatic hydroxyl groups excluding tert-OH is 1. The van der Waals surface area contributed by atoms with E-state index in [9.17, 15) is 5.11 Å². The Balaban J connectivity index is 2.17. The van der Waals surface area contributed by atoms with Crippen molar-refractivity contribution >= 4 is 27.5 Å². The normalized spacial score (nSPS) is 10.8. The lowest BCUT2D eigenvalue weighted by Crippen LogP contribution is -1.89. The molecule has 1 heterocycles. The zero-order valence-corrected chi connectivity index (χ0v) is 13.2. The van der Waals surface area contributed by atoms with Crippen molar-refractivity contribution in [1.29, 1.82) is 0 Å². The van der Waals surface area contributed by atoms with Crippen LogP contribution in [-0.2, 0) is 6.61 Å². The minimum atomic E-state index is -0.175. The van der Waals surface area contributed by atoms with Crippen molar-refractivity contribution in [3.63, 3.8) is 0 Å². The lowest BCUT2D eigenvalue weighted by molar-refractivity contribution is 0.281. The first-order valence-electron chi connectivity index (χ1n) is 6.31. The van der Waals surface area contributed by atoms with E-state index in [0.29, 0.717) is 27.6 Å². The van der Waals surface area contributed by atoms with E-state index in [2.05, 4.69) is 21.1 Å². The van der Waals surface area contributed by atoms with Gasteiger partial charge in [-0.1, -0.05) is 63.0 Å². The number of rotatable bonds is 3. The van der Waals surface area contributed by atoms with Crippen LogP contribution in [0, 0.1) is 0 Å². The topological polar surface area (TPSA) is 46.3 Å². The first kappa shape index (κ1) is 14.3. The Bertz CT molecular complexity index is 771. The van der Waals surface area contributed by atoms with E-state index in [1.807, 2.05) is 42.5 Å². The van der Waals surface area contributed by atoms with E-state index >= 15 is 0 Å². The third kappa shape index (κ3) is 2.75. The van der Waals surface area contributed by atoms with E-state index in [-0.39, 0.29) is 6.61 Å². The molecule has 5 heteroatoms. The van der Waals surface area contributed by atoms with E-state index in [4.69, 9.17) is 16.1 Å². The number of benzene rings is 2. The van der Waals surface area contributed by atoms with Crippen molar-refractivity contribution in [3.8, 4) is 22.6 Å². The fourth-order valence-electron chi connectivity index (χ4n) is 2.16. The predicted molar refractivity (Wildman–Crippen MR) is 86.0 cm³/mol. The van der Waals surface area contributed by atoms with Gasteiger partial charge in [0, 0.05) is 15.6 Å². The Morgan fingerprint density at radius 2 is 1.90 bits per heavy atom. The van der Waals surface area contributed by atoms with Crippen LogP contribution in [0.1, 0.15) is 5.56 Å². The van der Waals surface area contributed by atoms with Gasteiger partial charge < -0.3 is 9.63 Å². The van der Waals surface area contributed by atoms with Crippen LogP contribution in [-0.4, -0.2) is 10.3 Å². The molecule has 0 fully saturated rings. The maximum Gasteiger partial charge on any atom is 0.174 e. The quantitative estimate of drug-likeness (QED) is 0.718. The zero-order chi connectivity index (χ0) is 14.8. The summed E-state index contributed by atoms with van der Waals surface area (Å²) in [7, 11) is 0. The van der Waals surface area contributed by atoms with Crippen molar-refractivity contribution in [2.75, 3.05) is 0 Å². The summed E-state index contributed by atoms with van der Waals surface area (Å²) in [4.78, 5) is 0. The summed E-state index contributed by atoms with van der Waals surface area (Å²) >= 11 is 9.63. The second-order valence-corrected chi connectivity index (χ2v) is 5.81. The van der Waals surface area contributed by atoms with Gasteiger partial charge in [-0.05, 0) is 18.2 Å². The number of aromatic nitrogens is 1. The minimum Gasteiger partial charge on any atom is -0.391 e. The summed E-state index contributed by atoms with van der Waals surface area (Å²) in [5.41, 5.74) is 2.85. The van der Waals surface area contributed by atoms with Crippen molar-refractivity contribution in [1.82, 2.24) is 5.16 Å². The summed E-state index contributed by atoms with van der Waals surface area (Å²) in [5.74, 6) is 0.489. The molecule has 0 saturated heterocycles. The average Bonchev–Trinajstić information content (AvgIpc) is 2.94. The van der Waals surface area contributed by atoms with Crippen LogP contribution in [0.15, 0.2) is 57.5 Å². The molecule has 3 nitrogen and oxygen atoms in total. The van der Waals surface area contributed by atoms with Crippen LogP contribution < -0.4 is 0 Å². The molecule has 0 aliphatic rings. The lowest BCUT2D eigenvalue weighted by Gasteiger charge is -2.04. The molecule has 0 spiro atoms. The molecule has 106 valence electrons. The van der Waals surface area contributed by atoms with Gasteiger partial charge in [-0.25, -0.2) is 0 Å². The van der Waals surface area contributed by atoms with Gasteiger partial charge in [-0.15, -0.1) is 0 Å². The summed E-state index contributed by atoms with van der Waals surface area (Å²) in [5, 5.41) is 14.4. The van der Waals surface area contributed by atoms with Gasteiger partial charge in [0.15, 0.2) is 5.76 Å². The predicted octanol–water partition coefficient (Wildman–Crippen LogP) is 4.92. The standard InChI is InChI=1S/C16H11BrClNO2/c17-11-6-7-14(18)12(8-11)16-13(9-20)15(19-21-16)10-4-2-1-3-5-10/h1-8,20H,9H2. The summed E-state index contributed by atoms with van der Waals surface area (Å²) in [6, 6.07) is 15.1. The number of aliphatic hydroxyl groups is 1. The maximum absolute atomic E-state index is 9.72. The third-order valence-corrected chi connectivity index (χ3v) is 3.99. The fourth-order valence-corrected chi connectivity index (χ4v) is 2.73. The molecular weight excluding hydrogens is 354 g/mol. The van der Waals surface area contributed by atoms with Crippen LogP contribution in [0.4, 0.5) is 0 Å². The molecule has 3 rings (SSSR count). The number of hydrogen-bond donors (Lipinski definition) is 1. The van der Waals surface area contributed by atoms with E-state index < -0.39 is 0 Å². The Labute approximate surface area is 135 Å². The van der Waals surface area contributed by atoms with Crippen LogP contribution >= 0.6 is 27.5 Å². The molecule has 21 heavy (non-hydrogen) atoms. The van der Waals surface area contributed by atoms with Gasteiger partial charge in [0.2, 0.25) is 0 Å². The molecule has 0 atom stereocenters. The highest BCUT2D eigenvalue weighted by Gasteiger charge is 2.20. The summed E-state index contributed by atoms with van der Waals surface area (Å²) < 4.78 is 6.33. The van der Waals surface area contributed by atoms with E-state index in [1.54, 1.807) is 6.07 Å². The molecule has 0 aliphatic carbocycles. The van der Waals surface area contributed by atoms with Gasteiger partial charge >= 0.3 is 0 Å². The van der Waals surface area contributed by atoms with Crippen molar-refractivity contribution in [2.45, 2.75) is 6.61 Å². The fraction of sp³-hybridized carbons (Fsp3) is 0.0625. The van der Waals surface area contributed by atoms with Crippen LogP contribution in [0.3, 0.4) is 0 Å². The highest BCUT2D eigenvalue weighted by atomic mass is 79.9. The second kappa shape index (κ2) is 6.02. The van der Waals surface area contributed by atoms with Crippen molar-refractivity contribution in [2.24, 2.45) is 0 Å². The maximum atomic E-state index is 9.72. The Morgan fingerprint density at radius 1 is 1.14 bits per heavy atom. The molecule has 0 radical (unpaired) electrons. The largest absolute Gasteiger partial charge is 0.391 e. The molecule has 0 unspecified atom stereocenters. The molecule has 0 bridgehead atoms. The Hall–Kier alpha value is -1.62. The first-order chi connectivity index (χ1) is 10.2. The number of halogens is 2. The second-order valence-electron chi connectivity index (χ2n) is 4.49. The SMILES string of the molecule is OCc1c(-c2ccccc2)noc1-c1cc(Br)ccc1Cl. The smallest absolute Gasteiger partial charge is 0.174 e. The van der Waals surface area contributed by atoms with Crippen LogP contribution in [0.5, 0.6) is 0 Å².